The Morgan fingerprint density at radius 1 is 1.03 bits per heavy atom. The SMILES string of the molecule is CCOC(=O)C1=C(C)N=c2sc(=Cc3ccc(N(C)C)cc3)c(=O)n2C1c1ccc(OCC)c(OCC)c1. The van der Waals surface area contributed by atoms with Crippen molar-refractivity contribution in [1.29, 1.82) is 0 Å². The van der Waals surface area contributed by atoms with E-state index in [0.29, 0.717) is 50.9 Å². The molecule has 2 aromatic carbocycles. The van der Waals surface area contributed by atoms with Gasteiger partial charge in [-0.05, 0) is 69.2 Å². The van der Waals surface area contributed by atoms with Crippen molar-refractivity contribution in [2.45, 2.75) is 33.7 Å². The Balaban J connectivity index is 1.91. The van der Waals surface area contributed by atoms with Crippen LogP contribution in [-0.2, 0) is 9.53 Å². The number of allylic oxidation sites excluding steroid dienone is 1. The molecule has 0 amide bonds. The summed E-state index contributed by atoms with van der Waals surface area (Å²) in [5.41, 5.74) is 3.29. The highest BCUT2D eigenvalue weighted by atomic mass is 32.1. The number of benzene rings is 2. The Kier molecular flexibility index (Phi) is 8.36. The van der Waals surface area contributed by atoms with E-state index in [1.54, 1.807) is 18.4 Å². The lowest BCUT2D eigenvalue weighted by Gasteiger charge is -2.25. The first-order valence-electron chi connectivity index (χ1n) is 12.7. The van der Waals surface area contributed by atoms with Crippen LogP contribution in [0.1, 0.15) is 44.9 Å². The van der Waals surface area contributed by atoms with Gasteiger partial charge in [-0.15, -0.1) is 0 Å². The van der Waals surface area contributed by atoms with Gasteiger partial charge in [0.15, 0.2) is 16.3 Å². The van der Waals surface area contributed by atoms with Gasteiger partial charge < -0.3 is 19.1 Å². The van der Waals surface area contributed by atoms with Crippen molar-refractivity contribution in [3.05, 3.63) is 84.5 Å². The van der Waals surface area contributed by atoms with Crippen LogP contribution in [0.15, 0.2) is 63.5 Å². The van der Waals surface area contributed by atoms with E-state index in [1.807, 2.05) is 81.4 Å². The first-order chi connectivity index (χ1) is 18.3. The molecule has 8 nitrogen and oxygen atoms in total. The molecule has 0 saturated carbocycles. The van der Waals surface area contributed by atoms with Crippen LogP contribution in [0.3, 0.4) is 0 Å². The van der Waals surface area contributed by atoms with Crippen molar-refractivity contribution in [1.82, 2.24) is 4.57 Å². The molecular weight excluding hydrogens is 502 g/mol. The maximum Gasteiger partial charge on any atom is 0.338 e. The second-order valence-corrected chi connectivity index (χ2v) is 9.87. The molecule has 0 spiro atoms. The van der Waals surface area contributed by atoms with E-state index in [2.05, 4.69) is 4.99 Å². The minimum absolute atomic E-state index is 0.211. The molecule has 9 heteroatoms. The zero-order valence-electron chi connectivity index (χ0n) is 22.6. The molecule has 0 fully saturated rings. The maximum absolute atomic E-state index is 13.8. The third kappa shape index (κ3) is 5.38. The largest absolute Gasteiger partial charge is 0.490 e. The van der Waals surface area contributed by atoms with E-state index in [9.17, 15) is 9.59 Å². The molecule has 1 aliphatic rings. The van der Waals surface area contributed by atoms with Crippen LogP contribution < -0.4 is 29.3 Å². The van der Waals surface area contributed by atoms with Gasteiger partial charge in [0.05, 0.1) is 41.7 Å². The predicted molar refractivity (Wildman–Crippen MR) is 150 cm³/mol. The van der Waals surface area contributed by atoms with Crippen molar-refractivity contribution in [2.75, 3.05) is 38.8 Å². The predicted octanol–water partition coefficient (Wildman–Crippen LogP) is 3.66. The van der Waals surface area contributed by atoms with E-state index < -0.39 is 12.0 Å². The van der Waals surface area contributed by atoms with Crippen LogP contribution in [0.5, 0.6) is 11.5 Å². The van der Waals surface area contributed by atoms with Gasteiger partial charge >= 0.3 is 5.97 Å². The number of fused-ring (bicyclic) bond motifs is 1. The molecule has 1 aliphatic heterocycles. The summed E-state index contributed by atoms with van der Waals surface area (Å²) in [6.07, 6.45) is 1.85. The van der Waals surface area contributed by atoms with Crippen LogP contribution in [0.2, 0.25) is 0 Å². The van der Waals surface area contributed by atoms with Crippen LogP contribution >= 0.6 is 11.3 Å². The molecule has 0 aliphatic carbocycles. The van der Waals surface area contributed by atoms with Crippen molar-refractivity contribution in [3.63, 3.8) is 0 Å². The van der Waals surface area contributed by atoms with Crippen molar-refractivity contribution in [3.8, 4) is 11.5 Å². The third-order valence-electron chi connectivity index (χ3n) is 6.11. The first-order valence-corrected chi connectivity index (χ1v) is 13.5. The van der Waals surface area contributed by atoms with Crippen molar-refractivity contribution in [2.24, 2.45) is 4.99 Å². The molecule has 200 valence electrons. The lowest BCUT2D eigenvalue weighted by atomic mass is 9.95. The Morgan fingerprint density at radius 3 is 2.34 bits per heavy atom. The van der Waals surface area contributed by atoms with E-state index in [4.69, 9.17) is 14.2 Å². The van der Waals surface area contributed by atoms with Crippen LogP contribution in [0.4, 0.5) is 5.69 Å². The van der Waals surface area contributed by atoms with Gasteiger partial charge in [-0.25, -0.2) is 9.79 Å². The molecule has 2 heterocycles. The summed E-state index contributed by atoms with van der Waals surface area (Å²) in [6, 6.07) is 12.7. The highest BCUT2D eigenvalue weighted by Gasteiger charge is 2.34. The van der Waals surface area contributed by atoms with E-state index in [0.717, 1.165) is 11.3 Å². The number of hydrogen-bond donors (Lipinski definition) is 0. The molecule has 0 N–H and O–H groups in total. The van der Waals surface area contributed by atoms with Crippen molar-refractivity contribution >= 4 is 29.1 Å². The third-order valence-corrected chi connectivity index (χ3v) is 7.09. The minimum Gasteiger partial charge on any atom is -0.490 e. The van der Waals surface area contributed by atoms with E-state index >= 15 is 0 Å². The molecule has 38 heavy (non-hydrogen) atoms. The molecule has 4 rings (SSSR count). The highest BCUT2D eigenvalue weighted by molar-refractivity contribution is 7.07. The number of carbonyl (C=O) groups excluding carboxylic acids is 1. The van der Waals surface area contributed by atoms with Crippen LogP contribution in [0, 0.1) is 0 Å². The Hall–Kier alpha value is -3.85. The quantitative estimate of drug-likeness (QED) is 0.389. The fourth-order valence-electron chi connectivity index (χ4n) is 4.36. The molecule has 3 aromatic rings. The molecular formula is C29H33N3O5S. The zero-order chi connectivity index (χ0) is 27.4. The summed E-state index contributed by atoms with van der Waals surface area (Å²) >= 11 is 1.30. The van der Waals surface area contributed by atoms with Crippen molar-refractivity contribution < 1.29 is 19.0 Å². The summed E-state index contributed by atoms with van der Waals surface area (Å²) < 4.78 is 19.1. The highest BCUT2D eigenvalue weighted by Crippen LogP contribution is 2.36. The maximum atomic E-state index is 13.8. The fraction of sp³-hybridized carbons (Fsp3) is 0.345. The van der Waals surface area contributed by atoms with Gasteiger partial charge in [-0.1, -0.05) is 29.5 Å². The lowest BCUT2D eigenvalue weighted by molar-refractivity contribution is -0.139. The number of aromatic nitrogens is 1. The summed E-state index contributed by atoms with van der Waals surface area (Å²) in [5, 5.41) is 0. The lowest BCUT2D eigenvalue weighted by Crippen LogP contribution is -2.40. The summed E-state index contributed by atoms with van der Waals surface area (Å²) in [6.45, 7) is 8.46. The number of rotatable bonds is 9. The van der Waals surface area contributed by atoms with E-state index in [1.165, 1.54) is 11.3 Å². The number of thiazole rings is 1. The average Bonchev–Trinajstić information content (AvgIpc) is 3.19. The van der Waals surface area contributed by atoms with Crippen LogP contribution in [-0.4, -0.2) is 44.5 Å². The smallest absolute Gasteiger partial charge is 0.338 e. The second kappa shape index (κ2) is 11.7. The zero-order valence-corrected chi connectivity index (χ0v) is 23.4. The summed E-state index contributed by atoms with van der Waals surface area (Å²) in [4.78, 5) is 34.2. The number of carbonyl (C=O) groups is 1. The summed E-state index contributed by atoms with van der Waals surface area (Å²) in [7, 11) is 3.96. The molecule has 0 bridgehead atoms. The number of nitrogens with zero attached hydrogens (tertiary/aromatic N) is 3. The van der Waals surface area contributed by atoms with Crippen LogP contribution in [0.25, 0.3) is 6.08 Å². The fourth-order valence-corrected chi connectivity index (χ4v) is 5.41. The molecule has 1 aromatic heterocycles. The minimum atomic E-state index is -0.724. The van der Waals surface area contributed by atoms with Gasteiger partial charge in [0.1, 0.15) is 0 Å². The number of esters is 1. The molecule has 1 unspecified atom stereocenters. The Bertz CT molecular complexity index is 1530. The molecule has 0 saturated heterocycles. The standard InChI is InChI=1S/C29H33N3O5S/c1-7-35-22-15-12-20(17-23(22)36-8-2)26-25(28(34)37-9-3)18(4)30-29-32(26)27(33)24(38-29)16-19-10-13-21(14-11-19)31(5)6/h10-17,26H,7-9H2,1-6H3. The van der Waals surface area contributed by atoms with Gasteiger partial charge in [-0.3, -0.25) is 9.36 Å². The Morgan fingerprint density at radius 2 is 1.71 bits per heavy atom. The molecule has 0 radical (unpaired) electrons. The monoisotopic (exact) mass is 535 g/mol. The normalized spacial score (nSPS) is 15.1. The summed E-state index contributed by atoms with van der Waals surface area (Å²) in [5.74, 6) is 0.650. The van der Waals surface area contributed by atoms with Gasteiger partial charge in [0.25, 0.3) is 5.56 Å². The second-order valence-electron chi connectivity index (χ2n) is 8.86. The van der Waals surface area contributed by atoms with Gasteiger partial charge in [0, 0.05) is 19.8 Å². The number of ether oxygens (including phenoxy) is 3. The number of anilines is 1. The topological polar surface area (TPSA) is 82.4 Å². The van der Waals surface area contributed by atoms with E-state index in [-0.39, 0.29) is 12.2 Å². The molecule has 1 atom stereocenters. The first kappa shape index (κ1) is 27.2. The van der Waals surface area contributed by atoms with Gasteiger partial charge in [0.2, 0.25) is 0 Å². The average molecular weight is 536 g/mol. The Labute approximate surface area is 226 Å². The van der Waals surface area contributed by atoms with Gasteiger partial charge in [-0.2, -0.15) is 0 Å². The number of hydrogen-bond acceptors (Lipinski definition) is 8.